The number of quaternary nitrogens is 1. The van der Waals surface area contributed by atoms with Gasteiger partial charge in [0.05, 0.1) is 26.2 Å². The Labute approximate surface area is 176 Å². The van der Waals surface area contributed by atoms with Crippen molar-refractivity contribution in [1.29, 1.82) is 0 Å². The van der Waals surface area contributed by atoms with Gasteiger partial charge in [0, 0.05) is 27.5 Å². The van der Waals surface area contributed by atoms with E-state index in [9.17, 15) is 4.79 Å². The topological polar surface area (TPSA) is 36.8 Å². The Balaban J connectivity index is 1.30. The van der Waals surface area contributed by atoms with Crippen LogP contribution in [0.25, 0.3) is 0 Å². The van der Waals surface area contributed by atoms with Gasteiger partial charge in [-0.05, 0) is 42.5 Å². The van der Waals surface area contributed by atoms with E-state index in [4.69, 9.17) is 11.6 Å². The van der Waals surface area contributed by atoms with E-state index in [-0.39, 0.29) is 5.91 Å². The van der Waals surface area contributed by atoms with Gasteiger partial charge in [0.15, 0.2) is 0 Å². The molecule has 1 saturated heterocycles. The Hall–Kier alpha value is -2.82. The maximum Gasteiger partial charge on any atom is 0.255 e. The second-order valence-corrected chi connectivity index (χ2v) is 7.85. The summed E-state index contributed by atoms with van der Waals surface area (Å²) in [5, 5.41) is 3.71. The first kappa shape index (κ1) is 19.5. The van der Waals surface area contributed by atoms with Crippen LogP contribution in [0.4, 0.5) is 11.4 Å². The number of nitrogens with zero attached hydrogens (tertiary/aromatic N) is 1. The Morgan fingerprint density at radius 2 is 1.66 bits per heavy atom. The predicted molar refractivity (Wildman–Crippen MR) is 119 cm³/mol. The third-order valence-corrected chi connectivity index (χ3v) is 5.58. The zero-order chi connectivity index (χ0) is 20.1. The number of carbonyl (C=O) groups is 1. The van der Waals surface area contributed by atoms with Gasteiger partial charge in [-0.3, -0.25) is 4.79 Å². The van der Waals surface area contributed by atoms with Crippen molar-refractivity contribution in [2.75, 3.05) is 36.4 Å². The summed E-state index contributed by atoms with van der Waals surface area (Å²) >= 11 is 6.12. The number of benzene rings is 3. The van der Waals surface area contributed by atoms with Crippen LogP contribution in [0, 0.1) is 0 Å². The highest BCUT2D eigenvalue weighted by Gasteiger charge is 2.20. The minimum Gasteiger partial charge on any atom is -0.360 e. The first-order chi connectivity index (χ1) is 14.2. The van der Waals surface area contributed by atoms with E-state index >= 15 is 0 Å². The molecule has 0 aromatic heterocycles. The average molecular weight is 407 g/mol. The molecule has 1 fully saturated rings. The van der Waals surface area contributed by atoms with Crippen molar-refractivity contribution in [2.24, 2.45) is 0 Å². The second kappa shape index (κ2) is 9.12. The third kappa shape index (κ3) is 5.17. The number of halogens is 1. The van der Waals surface area contributed by atoms with Gasteiger partial charge < -0.3 is 15.1 Å². The van der Waals surface area contributed by atoms with Crippen LogP contribution in [-0.2, 0) is 6.54 Å². The van der Waals surface area contributed by atoms with E-state index in [0.717, 1.165) is 43.4 Å². The molecule has 1 aliphatic heterocycles. The van der Waals surface area contributed by atoms with E-state index in [1.165, 1.54) is 11.3 Å². The summed E-state index contributed by atoms with van der Waals surface area (Å²) in [7, 11) is 0. The minimum absolute atomic E-state index is 0.0785. The second-order valence-electron chi connectivity index (χ2n) is 7.41. The van der Waals surface area contributed by atoms with Crippen molar-refractivity contribution < 1.29 is 9.69 Å². The Morgan fingerprint density at radius 3 is 2.34 bits per heavy atom. The van der Waals surface area contributed by atoms with Gasteiger partial charge in [-0.15, -0.1) is 0 Å². The molecule has 3 aromatic carbocycles. The quantitative estimate of drug-likeness (QED) is 0.680. The third-order valence-electron chi connectivity index (χ3n) is 5.35. The molecule has 1 aliphatic rings. The van der Waals surface area contributed by atoms with Gasteiger partial charge in [-0.2, -0.15) is 0 Å². The molecule has 0 atom stereocenters. The molecule has 0 bridgehead atoms. The van der Waals surface area contributed by atoms with E-state index in [2.05, 4.69) is 28.4 Å². The van der Waals surface area contributed by atoms with Crippen molar-refractivity contribution in [1.82, 2.24) is 0 Å². The molecule has 0 spiro atoms. The first-order valence-corrected chi connectivity index (χ1v) is 10.3. The smallest absolute Gasteiger partial charge is 0.255 e. The maximum absolute atomic E-state index is 12.4. The average Bonchev–Trinajstić information content (AvgIpc) is 2.75. The summed E-state index contributed by atoms with van der Waals surface area (Å²) in [5.41, 5.74) is 3.94. The van der Waals surface area contributed by atoms with Crippen LogP contribution in [0.1, 0.15) is 15.9 Å². The summed E-state index contributed by atoms with van der Waals surface area (Å²) in [6, 6.07) is 25.6. The zero-order valence-electron chi connectivity index (χ0n) is 16.3. The molecule has 0 unspecified atom stereocenters. The van der Waals surface area contributed by atoms with E-state index in [1.807, 2.05) is 60.7 Å². The number of rotatable bonds is 5. The van der Waals surface area contributed by atoms with Crippen LogP contribution >= 0.6 is 11.6 Å². The fourth-order valence-electron chi connectivity index (χ4n) is 3.72. The lowest BCUT2D eigenvalue weighted by molar-refractivity contribution is -0.914. The highest BCUT2D eigenvalue weighted by molar-refractivity contribution is 6.30. The molecule has 2 N–H and O–H groups in total. The number of piperazine rings is 1. The van der Waals surface area contributed by atoms with Gasteiger partial charge in [-0.1, -0.05) is 48.0 Å². The van der Waals surface area contributed by atoms with Crippen LogP contribution in [0.2, 0.25) is 5.02 Å². The summed E-state index contributed by atoms with van der Waals surface area (Å²) < 4.78 is 0. The maximum atomic E-state index is 12.4. The number of para-hydroxylation sites is 1. The summed E-state index contributed by atoms with van der Waals surface area (Å²) in [6.45, 7) is 5.19. The van der Waals surface area contributed by atoms with Crippen molar-refractivity contribution in [3.05, 3.63) is 95.0 Å². The summed E-state index contributed by atoms with van der Waals surface area (Å²) in [6.07, 6.45) is 0. The number of hydrogen-bond donors (Lipinski definition) is 2. The largest absolute Gasteiger partial charge is 0.360 e. The Morgan fingerprint density at radius 1 is 0.931 bits per heavy atom. The molecule has 3 aromatic rings. The molecule has 0 radical (unpaired) electrons. The van der Waals surface area contributed by atoms with E-state index < -0.39 is 0 Å². The SMILES string of the molecule is O=C(Nc1ccccc1)c1ccc(C[NH+]2CCN(c3cccc(Cl)c3)CC2)cc1. The highest BCUT2D eigenvalue weighted by atomic mass is 35.5. The van der Waals surface area contributed by atoms with Crippen molar-refractivity contribution >= 4 is 28.9 Å². The monoisotopic (exact) mass is 406 g/mol. The summed E-state index contributed by atoms with van der Waals surface area (Å²) in [4.78, 5) is 16.3. The molecule has 5 heteroatoms. The Bertz CT molecular complexity index is 951. The molecule has 148 valence electrons. The van der Waals surface area contributed by atoms with Crippen molar-refractivity contribution in [2.45, 2.75) is 6.54 Å². The Kier molecular flexibility index (Phi) is 6.13. The van der Waals surface area contributed by atoms with Crippen LogP contribution in [-0.4, -0.2) is 32.1 Å². The number of carbonyl (C=O) groups excluding carboxylic acids is 1. The number of anilines is 2. The molecule has 0 saturated carbocycles. The van der Waals surface area contributed by atoms with Gasteiger partial charge in [-0.25, -0.2) is 0 Å². The predicted octanol–water partition coefficient (Wildman–Crippen LogP) is 3.50. The van der Waals surface area contributed by atoms with Crippen LogP contribution < -0.4 is 15.1 Å². The first-order valence-electron chi connectivity index (χ1n) is 9.97. The van der Waals surface area contributed by atoms with Gasteiger partial charge >= 0.3 is 0 Å². The lowest BCUT2D eigenvalue weighted by Crippen LogP contribution is -3.13. The number of amides is 1. The fourth-order valence-corrected chi connectivity index (χ4v) is 3.90. The minimum atomic E-state index is -0.0785. The molecular formula is C24H25ClN3O+. The van der Waals surface area contributed by atoms with E-state index in [0.29, 0.717) is 5.56 Å². The normalized spacial score (nSPS) is 14.6. The molecule has 4 nitrogen and oxygen atoms in total. The molecular weight excluding hydrogens is 382 g/mol. The number of hydrogen-bond acceptors (Lipinski definition) is 2. The molecule has 1 amide bonds. The van der Waals surface area contributed by atoms with Crippen molar-refractivity contribution in [3.63, 3.8) is 0 Å². The van der Waals surface area contributed by atoms with Gasteiger partial charge in [0.25, 0.3) is 5.91 Å². The van der Waals surface area contributed by atoms with E-state index in [1.54, 1.807) is 4.90 Å². The molecule has 1 heterocycles. The lowest BCUT2D eigenvalue weighted by Gasteiger charge is -2.33. The van der Waals surface area contributed by atoms with Crippen LogP contribution in [0.15, 0.2) is 78.9 Å². The number of nitrogens with one attached hydrogen (secondary N) is 2. The zero-order valence-corrected chi connectivity index (χ0v) is 17.0. The highest BCUT2D eigenvalue weighted by Crippen LogP contribution is 2.19. The van der Waals surface area contributed by atoms with Crippen LogP contribution in [0.3, 0.4) is 0 Å². The molecule has 0 aliphatic carbocycles. The lowest BCUT2D eigenvalue weighted by atomic mass is 10.1. The fraction of sp³-hybridized carbons (Fsp3) is 0.208. The van der Waals surface area contributed by atoms with Crippen molar-refractivity contribution in [3.8, 4) is 0 Å². The molecule has 4 rings (SSSR count). The van der Waals surface area contributed by atoms with Gasteiger partial charge in [0.2, 0.25) is 0 Å². The molecule has 29 heavy (non-hydrogen) atoms. The standard InChI is InChI=1S/C24H24ClN3O/c25-21-5-4-8-23(17-21)28-15-13-27(14-16-28)18-19-9-11-20(12-10-19)24(29)26-22-6-2-1-3-7-22/h1-12,17H,13-16,18H2,(H,26,29)/p+1. The van der Waals surface area contributed by atoms with Crippen LogP contribution in [0.5, 0.6) is 0 Å². The van der Waals surface area contributed by atoms with Gasteiger partial charge in [0.1, 0.15) is 6.54 Å². The summed E-state index contributed by atoms with van der Waals surface area (Å²) in [5.74, 6) is -0.0785.